The van der Waals surface area contributed by atoms with Crippen molar-refractivity contribution in [2.75, 3.05) is 19.5 Å². The Morgan fingerprint density at radius 2 is 1.64 bits per heavy atom. The quantitative estimate of drug-likeness (QED) is 0.719. The van der Waals surface area contributed by atoms with Gasteiger partial charge in [0.15, 0.2) is 9.84 Å². The van der Waals surface area contributed by atoms with Gasteiger partial charge >= 0.3 is 0 Å². The standard InChI is InChI=1S/C18H21ClO5S/c1-23-18-8-4-14(5-9-18)10-24-11-17(20)13-25(21,22)12-15-2-6-16(19)7-3-15/h2-9,17,20H,10-13H2,1H3/t17-/m0/s1. The number of aliphatic hydroxyl groups is 1. The Balaban J connectivity index is 1.78. The number of ether oxygens (including phenoxy) is 2. The molecule has 0 saturated heterocycles. The molecule has 0 aliphatic heterocycles. The molecule has 2 aromatic rings. The third kappa shape index (κ3) is 7.04. The van der Waals surface area contributed by atoms with Gasteiger partial charge in [0.2, 0.25) is 0 Å². The van der Waals surface area contributed by atoms with E-state index >= 15 is 0 Å². The average molecular weight is 385 g/mol. The smallest absolute Gasteiger partial charge is 0.157 e. The summed E-state index contributed by atoms with van der Waals surface area (Å²) >= 11 is 5.78. The molecule has 0 fully saturated rings. The Morgan fingerprint density at radius 3 is 2.24 bits per heavy atom. The lowest BCUT2D eigenvalue weighted by Gasteiger charge is -2.12. The number of hydrogen-bond donors (Lipinski definition) is 1. The highest BCUT2D eigenvalue weighted by molar-refractivity contribution is 7.90. The van der Waals surface area contributed by atoms with Gasteiger partial charge in [0.1, 0.15) is 5.75 Å². The predicted molar refractivity (Wildman–Crippen MR) is 97.6 cm³/mol. The second-order valence-electron chi connectivity index (χ2n) is 5.70. The summed E-state index contributed by atoms with van der Waals surface area (Å²) < 4.78 is 34.7. The molecule has 1 N–H and O–H groups in total. The summed E-state index contributed by atoms with van der Waals surface area (Å²) in [7, 11) is -1.85. The van der Waals surface area contributed by atoms with Gasteiger partial charge in [-0.25, -0.2) is 8.42 Å². The number of aliphatic hydroxyl groups excluding tert-OH is 1. The van der Waals surface area contributed by atoms with Gasteiger partial charge in [0, 0.05) is 5.02 Å². The van der Waals surface area contributed by atoms with Crippen molar-refractivity contribution in [1.82, 2.24) is 0 Å². The molecule has 136 valence electrons. The summed E-state index contributed by atoms with van der Waals surface area (Å²) in [6, 6.07) is 13.9. The van der Waals surface area contributed by atoms with Crippen molar-refractivity contribution in [3.05, 3.63) is 64.7 Å². The van der Waals surface area contributed by atoms with E-state index in [4.69, 9.17) is 21.1 Å². The molecule has 0 heterocycles. The van der Waals surface area contributed by atoms with Crippen LogP contribution in [0.2, 0.25) is 5.02 Å². The molecule has 0 bridgehead atoms. The normalized spacial score (nSPS) is 12.8. The number of sulfone groups is 1. The third-order valence-electron chi connectivity index (χ3n) is 3.48. The molecule has 0 saturated carbocycles. The highest BCUT2D eigenvalue weighted by atomic mass is 35.5. The van der Waals surface area contributed by atoms with Crippen LogP contribution in [0.1, 0.15) is 11.1 Å². The Hall–Kier alpha value is -1.60. The third-order valence-corrected chi connectivity index (χ3v) is 5.40. The lowest BCUT2D eigenvalue weighted by Crippen LogP contribution is -2.26. The number of rotatable bonds is 9. The van der Waals surface area contributed by atoms with E-state index in [1.807, 2.05) is 24.3 Å². The van der Waals surface area contributed by atoms with Crippen LogP contribution < -0.4 is 4.74 Å². The van der Waals surface area contributed by atoms with Crippen molar-refractivity contribution in [3.63, 3.8) is 0 Å². The fourth-order valence-electron chi connectivity index (χ4n) is 2.27. The first-order valence-electron chi connectivity index (χ1n) is 7.71. The Bertz CT molecular complexity index is 757. The monoisotopic (exact) mass is 384 g/mol. The van der Waals surface area contributed by atoms with Crippen molar-refractivity contribution >= 4 is 21.4 Å². The molecule has 0 spiro atoms. The zero-order valence-electron chi connectivity index (χ0n) is 13.9. The molecule has 0 aliphatic rings. The highest BCUT2D eigenvalue weighted by Crippen LogP contribution is 2.14. The van der Waals surface area contributed by atoms with E-state index in [9.17, 15) is 13.5 Å². The van der Waals surface area contributed by atoms with Crippen molar-refractivity contribution < 1.29 is 23.0 Å². The van der Waals surface area contributed by atoms with Crippen LogP contribution >= 0.6 is 11.6 Å². The fraction of sp³-hybridized carbons (Fsp3) is 0.333. The minimum Gasteiger partial charge on any atom is -0.497 e. The van der Waals surface area contributed by atoms with E-state index in [1.165, 1.54) is 0 Å². The molecule has 0 unspecified atom stereocenters. The predicted octanol–water partition coefficient (Wildman–Crippen LogP) is 2.84. The highest BCUT2D eigenvalue weighted by Gasteiger charge is 2.18. The molecule has 5 nitrogen and oxygen atoms in total. The fourth-order valence-corrected chi connectivity index (χ4v) is 3.90. The zero-order valence-corrected chi connectivity index (χ0v) is 15.5. The number of methoxy groups -OCH3 is 1. The molecule has 1 atom stereocenters. The molecule has 2 rings (SSSR count). The molecule has 25 heavy (non-hydrogen) atoms. The van der Waals surface area contributed by atoms with Gasteiger partial charge in [-0.05, 0) is 35.4 Å². The van der Waals surface area contributed by atoms with Crippen LogP contribution in [0.25, 0.3) is 0 Å². The topological polar surface area (TPSA) is 72.8 Å². The number of halogens is 1. The molecule has 2 aromatic carbocycles. The number of hydrogen-bond acceptors (Lipinski definition) is 5. The summed E-state index contributed by atoms with van der Waals surface area (Å²) in [4.78, 5) is 0. The largest absolute Gasteiger partial charge is 0.497 e. The van der Waals surface area contributed by atoms with E-state index in [1.54, 1.807) is 31.4 Å². The summed E-state index contributed by atoms with van der Waals surface area (Å²) in [5, 5.41) is 10.5. The van der Waals surface area contributed by atoms with E-state index in [0.29, 0.717) is 10.6 Å². The molecular weight excluding hydrogens is 364 g/mol. The lowest BCUT2D eigenvalue weighted by molar-refractivity contribution is 0.0390. The first kappa shape index (κ1) is 19.7. The maximum absolute atomic E-state index is 12.1. The Kier molecular flexibility index (Phi) is 7.25. The summed E-state index contributed by atoms with van der Waals surface area (Å²) in [5.74, 6) is 0.259. The van der Waals surface area contributed by atoms with Gasteiger partial charge < -0.3 is 14.6 Å². The minimum atomic E-state index is -3.44. The van der Waals surface area contributed by atoms with Crippen LogP contribution in [0.5, 0.6) is 5.75 Å². The van der Waals surface area contributed by atoms with Crippen LogP contribution in [-0.4, -0.2) is 39.1 Å². The average Bonchev–Trinajstić information content (AvgIpc) is 2.57. The van der Waals surface area contributed by atoms with E-state index in [-0.39, 0.29) is 24.7 Å². The second kappa shape index (κ2) is 9.20. The van der Waals surface area contributed by atoms with Crippen molar-refractivity contribution in [1.29, 1.82) is 0 Å². The van der Waals surface area contributed by atoms with Gasteiger partial charge in [-0.3, -0.25) is 0 Å². The number of benzene rings is 2. The van der Waals surface area contributed by atoms with E-state index in [2.05, 4.69) is 0 Å². The van der Waals surface area contributed by atoms with Crippen LogP contribution in [0.15, 0.2) is 48.5 Å². The summed E-state index contributed by atoms with van der Waals surface area (Å²) in [6.45, 7) is 0.240. The van der Waals surface area contributed by atoms with Crippen molar-refractivity contribution in [3.8, 4) is 5.75 Å². The SMILES string of the molecule is COc1ccc(COC[C@H](O)CS(=O)(=O)Cc2ccc(Cl)cc2)cc1. The first-order chi connectivity index (χ1) is 11.9. The first-order valence-corrected chi connectivity index (χ1v) is 9.91. The second-order valence-corrected chi connectivity index (χ2v) is 8.24. The Labute approximate surface area is 153 Å². The molecule has 0 radical (unpaired) electrons. The van der Waals surface area contributed by atoms with E-state index in [0.717, 1.165) is 11.3 Å². The molecule has 0 aromatic heterocycles. The van der Waals surface area contributed by atoms with Crippen LogP contribution in [0.3, 0.4) is 0 Å². The summed E-state index contributed by atoms with van der Waals surface area (Å²) in [5.41, 5.74) is 1.55. The Morgan fingerprint density at radius 1 is 1.04 bits per heavy atom. The maximum atomic E-state index is 12.1. The molecule has 0 aliphatic carbocycles. The van der Waals surface area contributed by atoms with Crippen molar-refractivity contribution in [2.45, 2.75) is 18.5 Å². The summed E-state index contributed by atoms with van der Waals surface area (Å²) in [6.07, 6.45) is -1.07. The van der Waals surface area contributed by atoms with Gasteiger partial charge in [-0.1, -0.05) is 35.9 Å². The lowest BCUT2D eigenvalue weighted by atomic mass is 10.2. The molecule has 7 heteroatoms. The van der Waals surface area contributed by atoms with Gasteiger partial charge in [-0.15, -0.1) is 0 Å². The van der Waals surface area contributed by atoms with Crippen LogP contribution in [0, 0.1) is 0 Å². The minimum absolute atomic E-state index is 0.0497. The van der Waals surface area contributed by atoms with E-state index < -0.39 is 15.9 Å². The maximum Gasteiger partial charge on any atom is 0.157 e. The van der Waals surface area contributed by atoms with Gasteiger partial charge in [0.25, 0.3) is 0 Å². The molecular formula is C18H21ClO5S. The van der Waals surface area contributed by atoms with Crippen LogP contribution in [0.4, 0.5) is 0 Å². The van der Waals surface area contributed by atoms with Gasteiger partial charge in [0.05, 0.1) is 37.9 Å². The zero-order chi connectivity index (χ0) is 18.3. The molecule has 0 amide bonds. The van der Waals surface area contributed by atoms with Crippen LogP contribution in [-0.2, 0) is 26.9 Å². The van der Waals surface area contributed by atoms with Crippen molar-refractivity contribution in [2.24, 2.45) is 0 Å². The van der Waals surface area contributed by atoms with Gasteiger partial charge in [-0.2, -0.15) is 0 Å².